The lowest BCUT2D eigenvalue weighted by atomic mass is 10.2. The first-order valence-electron chi connectivity index (χ1n) is 5.60. The van der Waals surface area contributed by atoms with Gasteiger partial charge in [-0.25, -0.2) is 4.79 Å². The summed E-state index contributed by atoms with van der Waals surface area (Å²) < 4.78 is 0. The molecule has 0 aromatic carbocycles. The Kier molecular flexibility index (Phi) is 6.32. The smallest absolute Gasteiger partial charge is 0.320 e. The van der Waals surface area contributed by atoms with Gasteiger partial charge < -0.3 is 14.7 Å². The van der Waals surface area contributed by atoms with Crippen LogP contribution in [0, 0.1) is 0 Å². The summed E-state index contributed by atoms with van der Waals surface area (Å²) in [4.78, 5) is 17.7. The number of hydrogen-bond donors (Lipinski definition) is 0. The van der Waals surface area contributed by atoms with Crippen LogP contribution in [0.1, 0.15) is 20.8 Å². The highest BCUT2D eigenvalue weighted by molar-refractivity contribution is 5.74. The van der Waals surface area contributed by atoms with Gasteiger partial charge in [-0.2, -0.15) is 0 Å². The Hall–Kier alpha value is -0.770. The standard InChI is InChI=1S/C11H25N3O/c1-7-13(6)11(15)14(8-2)10(3)9-12(4)5/h10H,7-9H2,1-6H3. The van der Waals surface area contributed by atoms with Crippen LogP contribution in [0.2, 0.25) is 0 Å². The molecule has 0 radical (unpaired) electrons. The van der Waals surface area contributed by atoms with Crippen LogP contribution in [0.25, 0.3) is 0 Å². The lowest BCUT2D eigenvalue weighted by molar-refractivity contribution is 0.140. The first kappa shape index (κ1) is 14.2. The van der Waals surface area contributed by atoms with E-state index in [0.717, 1.165) is 19.6 Å². The zero-order valence-corrected chi connectivity index (χ0v) is 10.9. The molecule has 0 aliphatic carbocycles. The minimum atomic E-state index is 0.120. The molecule has 4 nitrogen and oxygen atoms in total. The molecule has 0 N–H and O–H groups in total. The van der Waals surface area contributed by atoms with Crippen molar-refractivity contribution in [3.05, 3.63) is 0 Å². The van der Waals surface area contributed by atoms with Gasteiger partial charge >= 0.3 is 6.03 Å². The predicted octanol–water partition coefficient (Wildman–Crippen LogP) is 1.33. The SMILES string of the molecule is CCN(C)C(=O)N(CC)C(C)CN(C)C. The number of urea groups is 1. The van der Waals surface area contributed by atoms with E-state index in [-0.39, 0.29) is 12.1 Å². The second kappa shape index (κ2) is 6.67. The van der Waals surface area contributed by atoms with E-state index in [4.69, 9.17) is 0 Å². The zero-order chi connectivity index (χ0) is 12.0. The maximum atomic E-state index is 12.0. The van der Waals surface area contributed by atoms with E-state index in [1.165, 1.54) is 0 Å². The van der Waals surface area contributed by atoms with Gasteiger partial charge in [-0.1, -0.05) is 0 Å². The molecule has 90 valence electrons. The van der Waals surface area contributed by atoms with Crippen molar-refractivity contribution in [1.29, 1.82) is 0 Å². The van der Waals surface area contributed by atoms with Crippen molar-refractivity contribution in [1.82, 2.24) is 14.7 Å². The Labute approximate surface area is 93.8 Å². The monoisotopic (exact) mass is 215 g/mol. The maximum Gasteiger partial charge on any atom is 0.320 e. The first-order valence-corrected chi connectivity index (χ1v) is 5.60. The third kappa shape index (κ3) is 4.51. The summed E-state index contributed by atoms with van der Waals surface area (Å²) in [6.45, 7) is 8.51. The Morgan fingerprint density at radius 1 is 1.13 bits per heavy atom. The second-order valence-corrected chi connectivity index (χ2v) is 4.19. The molecule has 4 heteroatoms. The van der Waals surface area contributed by atoms with Gasteiger partial charge in [0.2, 0.25) is 0 Å². The normalized spacial score (nSPS) is 12.7. The van der Waals surface area contributed by atoms with Crippen molar-refractivity contribution in [3.63, 3.8) is 0 Å². The Balaban J connectivity index is 4.40. The van der Waals surface area contributed by atoms with Crippen molar-refractivity contribution in [2.75, 3.05) is 40.8 Å². The van der Waals surface area contributed by atoms with Crippen LogP contribution in [0.5, 0.6) is 0 Å². The molecule has 0 aliphatic rings. The third-order valence-electron chi connectivity index (χ3n) is 2.55. The third-order valence-corrected chi connectivity index (χ3v) is 2.55. The Morgan fingerprint density at radius 2 is 1.67 bits per heavy atom. The van der Waals surface area contributed by atoms with Crippen LogP contribution in [0.4, 0.5) is 4.79 Å². The summed E-state index contributed by atoms with van der Waals surface area (Å²) in [7, 11) is 5.89. The minimum absolute atomic E-state index is 0.120. The molecule has 0 rings (SSSR count). The molecule has 15 heavy (non-hydrogen) atoms. The van der Waals surface area contributed by atoms with Crippen molar-refractivity contribution in [2.24, 2.45) is 0 Å². The molecule has 0 bridgehead atoms. The molecule has 2 amide bonds. The molecule has 1 atom stereocenters. The van der Waals surface area contributed by atoms with E-state index in [1.54, 1.807) is 4.90 Å². The van der Waals surface area contributed by atoms with Gasteiger partial charge in [0.05, 0.1) is 0 Å². The highest BCUT2D eigenvalue weighted by Gasteiger charge is 2.20. The molecule has 0 fully saturated rings. The number of nitrogens with zero attached hydrogens (tertiary/aromatic N) is 3. The Bertz CT molecular complexity index is 194. The molecule has 0 saturated heterocycles. The number of carbonyl (C=O) groups is 1. The van der Waals surface area contributed by atoms with E-state index < -0.39 is 0 Å². The van der Waals surface area contributed by atoms with Crippen molar-refractivity contribution in [3.8, 4) is 0 Å². The van der Waals surface area contributed by atoms with Crippen LogP contribution in [-0.2, 0) is 0 Å². The van der Waals surface area contributed by atoms with Gasteiger partial charge in [-0.3, -0.25) is 0 Å². The quantitative estimate of drug-likeness (QED) is 0.692. The fourth-order valence-corrected chi connectivity index (χ4v) is 1.62. The lowest BCUT2D eigenvalue weighted by Crippen LogP contribution is -2.48. The van der Waals surface area contributed by atoms with Gasteiger partial charge in [0.25, 0.3) is 0 Å². The molecule has 0 spiro atoms. The summed E-state index contributed by atoms with van der Waals surface area (Å²) in [6, 6.07) is 0.376. The highest BCUT2D eigenvalue weighted by atomic mass is 16.2. The van der Waals surface area contributed by atoms with Crippen molar-refractivity contribution in [2.45, 2.75) is 26.8 Å². The van der Waals surface area contributed by atoms with E-state index in [1.807, 2.05) is 39.9 Å². The maximum absolute atomic E-state index is 12.0. The number of hydrogen-bond acceptors (Lipinski definition) is 2. The molecular weight excluding hydrogens is 190 g/mol. The van der Waals surface area contributed by atoms with Gasteiger partial charge in [0.15, 0.2) is 0 Å². The van der Waals surface area contributed by atoms with E-state index >= 15 is 0 Å². The summed E-state index contributed by atoms with van der Waals surface area (Å²) >= 11 is 0. The van der Waals surface area contributed by atoms with Gasteiger partial charge in [-0.15, -0.1) is 0 Å². The van der Waals surface area contributed by atoms with Crippen LogP contribution in [0.15, 0.2) is 0 Å². The fourth-order valence-electron chi connectivity index (χ4n) is 1.62. The predicted molar refractivity (Wildman–Crippen MR) is 64.1 cm³/mol. The molecular formula is C11H25N3O. The van der Waals surface area contributed by atoms with Gasteiger partial charge in [-0.05, 0) is 34.9 Å². The summed E-state index contributed by atoms with van der Waals surface area (Å²) in [5.41, 5.74) is 0. The molecule has 0 saturated carbocycles. The largest absolute Gasteiger partial charge is 0.328 e. The lowest BCUT2D eigenvalue weighted by Gasteiger charge is -2.33. The van der Waals surface area contributed by atoms with Gasteiger partial charge in [0.1, 0.15) is 0 Å². The summed E-state index contributed by atoms with van der Waals surface area (Å²) in [6.07, 6.45) is 0. The fraction of sp³-hybridized carbons (Fsp3) is 0.909. The molecule has 0 aromatic heterocycles. The van der Waals surface area contributed by atoms with Crippen molar-refractivity contribution >= 4 is 6.03 Å². The van der Waals surface area contributed by atoms with Crippen LogP contribution >= 0.6 is 0 Å². The minimum Gasteiger partial charge on any atom is -0.328 e. The van der Waals surface area contributed by atoms with E-state index in [0.29, 0.717) is 0 Å². The highest BCUT2D eigenvalue weighted by Crippen LogP contribution is 2.04. The van der Waals surface area contributed by atoms with Crippen LogP contribution in [-0.4, -0.2) is 67.5 Å². The van der Waals surface area contributed by atoms with E-state index in [9.17, 15) is 4.79 Å². The number of rotatable bonds is 5. The number of carbonyl (C=O) groups excluding carboxylic acids is 1. The van der Waals surface area contributed by atoms with Crippen LogP contribution in [0.3, 0.4) is 0 Å². The summed E-state index contributed by atoms with van der Waals surface area (Å²) in [5.74, 6) is 0. The van der Waals surface area contributed by atoms with Crippen LogP contribution < -0.4 is 0 Å². The van der Waals surface area contributed by atoms with E-state index in [2.05, 4.69) is 11.8 Å². The van der Waals surface area contributed by atoms with Gasteiger partial charge in [0, 0.05) is 32.7 Å². The summed E-state index contributed by atoms with van der Waals surface area (Å²) in [5, 5.41) is 0. The molecule has 1 unspecified atom stereocenters. The van der Waals surface area contributed by atoms with Crippen molar-refractivity contribution < 1.29 is 4.79 Å². The molecule has 0 heterocycles. The number of likely N-dealkylation sites (N-methyl/N-ethyl adjacent to an activating group) is 2. The average Bonchev–Trinajstić information content (AvgIpc) is 2.16. The average molecular weight is 215 g/mol. The molecule has 0 aliphatic heterocycles. The topological polar surface area (TPSA) is 26.8 Å². The zero-order valence-electron chi connectivity index (χ0n) is 10.9. The number of amides is 2. The molecule has 0 aromatic rings. The second-order valence-electron chi connectivity index (χ2n) is 4.19. The Morgan fingerprint density at radius 3 is 2.00 bits per heavy atom. The first-order chi connectivity index (χ1) is 6.93.